The van der Waals surface area contributed by atoms with Gasteiger partial charge in [-0.1, -0.05) is 18.2 Å². The van der Waals surface area contributed by atoms with Crippen LogP contribution in [0.4, 0.5) is 0 Å². The first kappa shape index (κ1) is 22.7. The summed E-state index contributed by atoms with van der Waals surface area (Å²) in [4.78, 5) is 32.9. The van der Waals surface area contributed by atoms with Gasteiger partial charge in [0.2, 0.25) is 0 Å². The number of nitrogens with one attached hydrogen (secondary N) is 1. The topological polar surface area (TPSA) is 61.3 Å². The Morgan fingerprint density at radius 2 is 1.73 bits per heavy atom. The van der Waals surface area contributed by atoms with E-state index in [4.69, 9.17) is 0 Å². The van der Waals surface area contributed by atoms with Crippen molar-refractivity contribution >= 4 is 39.5 Å². The summed E-state index contributed by atoms with van der Waals surface area (Å²) < 4.78 is 3.07. The molecule has 0 bridgehead atoms. The summed E-state index contributed by atoms with van der Waals surface area (Å²) in [6.45, 7) is 4.92. The molecule has 1 N–H and O–H groups in total. The third kappa shape index (κ3) is 5.04. The predicted octanol–water partition coefficient (Wildman–Crippen LogP) is 4.51. The lowest BCUT2D eigenvalue weighted by atomic mass is 9.92. The highest BCUT2D eigenvalue weighted by Crippen LogP contribution is 2.27. The number of likely N-dealkylation sites (tertiary alicyclic amines) is 2. The zero-order valence-electron chi connectivity index (χ0n) is 18.9. The molecule has 2 fully saturated rings. The second kappa shape index (κ2) is 10.0. The fourth-order valence-corrected chi connectivity index (χ4v) is 5.97. The van der Waals surface area contributed by atoms with Crippen molar-refractivity contribution in [2.24, 2.45) is 5.92 Å². The highest BCUT2D eigenvalue weighted by molar-refractivity contribution is 14.1. The van der Waals surface area contributed by atoms with Crippen LogP contribution >= 0.6 is 22.6 Å². The molecular weight excluding hydrogens is 527 g/mol. The van der Waals surface area contributed by atoms with E-state index in [1.54, 1.807) is 0 Å². The number of amides is 1. The van der Waals surface area contributed by atoms with E-state index in [1.165, 1.54) is 6.42 Å². The number of hydrogen-bond acceptors (Lipinski definition) is 3. The van der Waals surface area contributed by atoms with Gasteiger partial charge in [0, 0.05) is 41.4 Å². The van der Waals surface area contributed by atoms with Gasteiger partial charge in [0.05, 0.1) is 11.0 Å². The van der Waals surface area contributed by atoms with Crippen LogP contribution in [-0.2, 0) is 0 Å². The number of aromatic amines is 1. The average Bonchev–Trinajstić information content (AvgIpc) is 3.18. The van der Waals surface area contributed by atoms with Gasteiger partial charge in [0.1, 0.15) is 0 Å². The molecule has 5 rings (SSSR count). The maximum atomic E-state index is 12.8. The molecule has 7 heteroatoms. The van der Waals surface area contributed by atoms with Crippen LogP contribution in [0.2, 0.25) is 0 Å². The van der Waals surface area contributed by atoms with Crippen molar-refractivity contribution in [1.29, 1.82) is 0 Å². The standard InChI is InChI=1S/C26H31IN4O2/c27-21-5-3-4-20(18-21)25(32)30-16-9-19(10-17-30)8-13-29-14-11-22(12-15-29)31-24-7-2-1-6-23(24)28-26(31)33/h1-7,18-19,22H,8-17H2,(H,28,33). The number of aromatic nitrogens is 2. The van der Waals surface area contributed by atoms with Crippen molar-refractivity contribution in [1.82, 2.24) is 19.4 Å². The lowest BCUT2D eigenvalue weighted by Crippen LogP contribution is -2.40. The maximum Gasteiger partial charge on any atom is 0.326 e. The number of H-pyrrole nitrogens is 1. The Labute approximate surface area is 208 Å². The van der Waals surface area contributed by atoms with Gasteiger partial charge in [-0.3, -0.25) is 9.36 Å². The molecule has 2 aromatic carbocycles. The highest BCUT2D eigenvalue weighted by atomic mass is 127. The Morgan fingerprint density at radius 1 is 0.970 bits per heavy atom. The minimum Gasteiger partial charge on any atom is -0.339 e. The van der Waals surface area contributed by atoms with Crippen LogP contribution in [0.25, 0.3) is 11.0 Å². The van der Waals surface area contributed by atoms with Gasteiger partial charge in [-0.15, -0.1) is 0 Å². The zero-order valence-corrected chi connectivity index (χ0v) is 21.0. The Balaban J connectivity index is 1.08. The van der Waals surface area contributed by atoms with E-state index in [9.17, 15) is 9.59 Å². The van der Waals surface area contributed by atoms with Gasteiger partial charge >= 0.3 is 5.69 Å². The first-order chi connectivity index (χ1) is 16.1. The van der Waals surface area contributed by atoms with Crippen LogP contribution in [0, 0.1) is 9.49 Å². The molecule has 3 heterocycles. The van der Waals surface area contributed by atoms with Crippen molar-refractivity contribution in [3.63, 3.8) is 0 Å². The number of nitrogens with zero attached hydrogens (tertiary/aromatic N) is 3. The average molecular weight is 558 g/mol. The molecule has 2 saturated heterocycles. The number of hydrogen-bond donors (Lipinski definition) is 1. The van der Waals surface area contributed by atoms with Crippen LogP contribution in [-0.4, -0.2) is 58.0 Å². The van der Waals surface area contributed by atoms with Gasteiger partial charge in [-0.05, 0) is 97.5 Å². The fourth-order valence-electron chi connectivity index (χ4n) is 5.43. The third-order valence-electron chi connectivity index (χ3n) is 7.37. The molecule has 0 spiro atoms. The molecule has 0 saturated carbocycles. The molecule has 1 aromatic heterocycles. The predicted molar refractivity (Wildman–Crippen MR) is 140 cm³/mol. The first-order valence-electron chi connectivity index (χ1n) is 12.0. The minimum atomic E-state index is 0.0150. The number of carbonyl (C=O) groups is 1. The number of benzene rings is 2. The first-order valence-corrected chi connectivity index (χ1v) is 13.1. The third-order valence-corrected chi connectivity index (χ3v) is 8.04. The van der Waals surface area contributed by atoms with Crippen molar-refractivity contribution in [3.8, 4) is 0 Å². The van der Waals surface area contributed by atoms with Crippen molar-refractivity contribution in [2.75, 3.05) is 32.7 Å². The molecular formula is C26H31IN4O2. The number of para-hydroxylation sites is 2. The summed E-state index contributed by atoms with van der Waals surface area (Å²) in [6, 6.07) is 16.1. The highest BCUT2D eigenvalue weighted by Gasteiger charge is 2.26. The Kier molecular flexibility index (Phi) is 6.87. The van der Waals surface area contributed by atoms with Crippen molar-refractivity contribution in [3.05, 3.63) is 68.1 Å². The molecule has 0 aliphatic carbocycles. The van der Waals surface area contributed by atoms with Crippen LogP contribution < -0.4 is 5.69 Å². The van der Waals surface area contributed by atoms with Crippen molar-refractivity contribution < 1.29 is 4.79 Å². The summed E-state index contributed by atoms with van der Waals surface area (Å²) in [5.41, 5.74) is 2.77. The Hall–Kier alpha value is -2.13. The summed E-state index contributed by atoms with van der Waals surface area (Å²) in [7, 11) is 0. The molecule has 0 atom stereocenters. The summed E-state index contributed by atoms with van der Waals surface area (Å²) in [6.07, 6.45) is 5.42. The smallest absolute Gasteiger partial charge is 0.326 e. The van der Waals surface area contributed by atoms with Gasteiger partial charge in [-0.2, -0.15) is 0 Å². The molecule has 2 aliphatic rings. The van der Waals surface area contributed by atoms with Crippen LogP contribution in [0.3, 0.4) is 0 Å². The number of fused-ring (bicyclic) bond motifs is 1. The number of piperidine rings is 2. The molecule has 0 radical (unpaired) electrons. The number of rotatable bonds is 5. The zero-order chi connectivity index (χ0) is 22.8. The molecule has 3 aromatic rings. The Morgan fingerprint density at radius 3 is 2.48 bits per heavy atom. The van der Waals surface area contributed by atoms with Crippen LogP contribution in [0.1, 0.15) is 48.5 Å². The monoisotopic (exact) mass is 558 g/mol. The lowest BCUT2D eigenvalue weighted by Gasteiger charge is -2.35. The molecule has 2 aliphatic heterocycles. The second-order valence-corrected chi connectivity index (χ2v) is 10.7. The van der Waals surface area contributed by atoms with E-state index in [0.717, 1.165) is 78.6 Å². The summed E-state index contributed by atoms with van der Waals surface area (Å²) >= 11 is 2.26. The van der Waals surface area contributed by atoms with Crippen LogP contribution in [0.5, 0.6) is 0 Å². The fraction of sp³-hybridized carbons (Fsp3) is 0.462. The molecule has 6 nitrogen and oxygen atoms in total. The lowest BCUT2D eigenvalue weighted by molar-refractivity contribution is 0.0677. The van der Waals surface area contributed by atoms with E-state index < -0.39 is 0 Å². The molecule has 174 valence electrons. The number of imidazole rings is 1. The van der Waals surface area contributed by atoms with Gasteiger partial charge in [0.25, 0.3) is 5.91 Å². The summed E-state index contributed by atoms with van der Waals surface area (Å²) in [5, 5.41) is 0. The van der Waals surface area contributed by atoms with E-state index in [0.29, 0.717) is 5.92 Å². The van der Waals surface area contributed by atoms with E-state index in [2.05, 4.69) is 32.5 Å². The van der Waals surface area contributed by atoms with Gasteiger partial charge < -0.3 is 14.8 Å². The molecule has 0 unspecified atom stereocenters. The van der Waals surface area contributed by atoms with E-state index in [-0.39, 0.29) is 17.6 Å². The normalized spacial score (nSPS) is 18.8. The van der Waals surface area contributed by atoms with Crippen LogP contribution in [0.15, 0.2) is 53.3 Å². The largest absolute Gasteiger partial charge is 0.339 e. The summed E-state index contributed by atoms with van der Waals surface area (Å²) in [5.74, 6) is 0.862. The quantitative estimate of drug-likeness (QED) is 0.469. The van der Waals surface area contributed by atoms with E-state index in [1.807, 2.05) is 58.0 Å². The number of halogens is 1. The molecule has 1 amide bonds. The second-order valence-electron chi connectivity index (χ2n) is 9.42. The number of carbonyl (C=O) groups excluding carboxylic acids is 1. The minimum absolute atomic E-state index is 0.0150. The van der Waals surface area contributed by atoms with Crippen molar-refractivity contribution in [2.45, 2.75) is 38.1 Å². The van der Waals surface area contributed by atoms with E-state index >= 15 is 0 Å². The SMILES string of the molecule is O=C(c1cccc(I)c1)N1CCC(CCN2CCC(n3c(=O)[nH]c4ccccc43)CC2)CC1. The van der Waals surface area contributed by atoms with Gasteiger partial charge in [-0.25, -0.2) is 4.79 Å². The molecule has 33 heavy (non-hydrogen) atoms. The Bertz CT molecular complexity index is 1170. The maximum absolute atomic E-state index is 12.8. The van der Waals surface area contributed by atoms with Gasteiger partial charge in [0.15, 0.2) is 0 Å².